The minimum Gasteiger partial charge on any atom is -0.456 e. The molecule has 0 aromatic heterocycles. The van der Waals surface area contributed by atoms with Gasteiger partial charge in [0.1, 0.15) is 24.0 Å². The maximum absolute atomic E-state index is 15.2. The van der Waals surface area contributed by atoms with Gasteiger partial charge < -0.3 is 47.6 Å². The minimum atomic E-state index is -2.88. The second-order valence-electron chi connectivity index (χ2n) is 24.8. The van der Waals surface area contributed by atoms with Crippen LogP contribution in [0.4, 0.5) is 0 Å². The second kappa shape index (κ2) is 27.2. The third kappa shape index (κ3) is 15.1. The van der Waals surface area contributed by atoms with E-state index in [0.717, 1.165) is 49.4 Å². The van der Waals surface area contributed by atoms with Crippen molar-refractivity contribution in [1.82, 2.24) is 4.90 Å². The SMILES string of the molecule is C=CCCC1(O[Si](CC)(CC)CC)CCC(C=C(C)C2OC(=O)C3CCCCN3C(=O)C(=O)C3(O)OC(C(OC)CC(C)C/C(C)=C/C(CC)C(=O)CC(O)(O[Si](C)(C)C(C)(C)C)C2C)C(OC)CC3C)CC1OC. The molecule has 3 fully saturated rings. The molecule has 16 heteroatoms. The Hall–Kier alpha value is -2.39. The predicted molar refractivity (Wildman–Crippen MR) is 300 cm³/mol. The number of methoxy groups -OCH3 is 3. The normalized spacial score (nSPS) is 36.7. The second-order valence-corrected chi connectivity index (χ2v) is 34.2. The van der Waals surface area contributed by atoms with Crippen molar-refractivity contribution >= 4 is 40.1 Å². The number of hydrogen-bond acceptors (Lipinski definition) is 13. The number of esters is 1. The van der Waals surface area contributed by atoms with E-state index in [-0.39, 0.29) is 54.6 Å². The Morgan fingerprint density at radius 3 is 2.09 bits per heavy atom. The van der Waals surface area contributed by atoms with Gasteiger partial charge in [0, 0.05) is 39.7 Å². The van der Waals surface area contributed by atoms with Gasteiger partial charge in [-0.05, 0) is 145 Å². The van der Waals surface area contributed by atoms with Crippen LogP contribution in [0.5, 0.6) is 0 Å². The maximum Gasteiger partial charge on any atom is 0.329 e. The molecule has 3 aliphatic heterocycles. The molecule has 1 saturated carbocycles. The monoisotopic (exact) mass is 1090 g/mol. The van der Waals surface area contributed by atoms with E-state index in [2.05, 4.69) is 61.1 Å². The maximum atomic E-state index is 15.2. The Kier molecular flexibility index (Phi) is 23.6. The number of Topliss-reactive ketones (excluding diaryl/α,β-unsaturated/α-hetero) is 2. The van der Waals surface area contributed by atoms with Gasteiger partial charge in [-0.3, -0.25) is 14.4 Å². The zero-order valence-corrected chi connectivity index (χ0v) is 51.6. The molecule has 4 aliphatic rings. The number of carbonyl (C=O) groups is 4. The molecule has 2 N–H and O–H groups in total. The molecule has 4 rings (SSSR count). The molecular formula is C59H103NO13Si2. The molecule has 14 nitrogen and oxygen atoms in total. The Morgan fingerprint density at radius 2 is 1.53 bits per heavy atom. The van der Waals surface area contributed by atoms with Crippen LogP contribution in [-0.4, -0.2) is 137 Å². The van der Waals surface area contributed by atoms with Crippen LogP contribution in [0.25, 0.3) is 0 Å². The van der Waals surface area contributed by atoms with E-state index in [1.165, 1.54) is 4.90 Å². The zero-order chi connectivity index (χ0) is 56.5. The van der Waals surface area contributed by atoms with E-state index in [1.807, 2.05) is 46.0 Å². The van der Waals surface area contributed by atoms with Gasteiger partial charge >= 0.3 is 5.97 Å². The van der Waals surface area contributed by atoms with E-state index < -0.39 is 99.7 Å². The van der Waals surface area contributed by atoms with Gasteiger partial charge in [0.2, 0.25) is 5.79 Å². The fraction of sp³-hybridized carbons (Fsp3) is 0.831. The summed E-state index contributed by atoms with van der Waals surface area (Å²) in [5.41, 5.74) is 1.13. The summed E-state index contributed by atoms with van der Waals surface area (Å²) in [6, 6.07) is 1.82. The van der Waals surface area contributed by atoms with E-state index in [4.69, 9.17) is 32.5 Å². The highest BCUT2D eigenvalue weighted by molar-refractivity contribution is 6.74. The van der Waals surface area contributed by atoms with Crippen molar-refractivity contribution < 1.29 is 61.9 Å². The fourth-order valence-electron chi connectivity index (χ4n) is 12.4. The average molecular weight is 1090 g/mol. The summed E-state index contributed by atoms with van der Waals surface area (Å²) < 4.78 is 45.9. The number of ketones is 2. The summed E-state index contributed by atoms with van der Waals surface area (Å²) in [6.07, 6.45) is 8.96. The number of carbonyl (C=O) groups excluding carboxylic acids is 4. The Balaban J connectivity index is 1.94. The number of hydrogen-bond donors (Lipinski definition) is 2. The Labute approximate surface area is 455 Å². The van der Waals surface area contributed by atoms with Crippen molar-refractivity contribution in [2.75, 3.05) is 27.9 Å². The lowest BCUT2D eigenvalue weighted by Gasteiger charge is -2.50. The van der Waals surface area contributed by atoms with E-state index in [9.17, 15) is 24.6 Å². The molecule has 1 aliphatic carbocycles. The highest BCUT2D eigenvalue weighted by Gasteiger charge is 2.58. The van der Waals surface area contributed by atoms with Crippen molar-refractivity contribution in [2.45, 2.75) is 257 Å². The number of piperidine rings is 1. The van der Waals surface area contributed by atoms with Gasteiger partial charge in [-0.1, -0.05) is 93.0 Å². The third-order valence-corrected chi connectivity index (χ3v) is 27.8. The van der Waals surface area contributed by atoms with Crippen LogP contribution in [0.2, 0.25) is 36.3 Å². The van der Waals surface area contributed by atoms with Crippen LogP contribution in [-0.2, 0) is 51.7 Å². The summed E-state index contributed by atoms with van der Waals surface area (Å²) in [4.78, 5) is 60.7. The largest absolute Gasteiger partial charge is 0.456 e. The highest BCUT2D eigenvalue weighted by Crippen LogP contribution is 2.47. The quantitative estimate of drug-likeness (QED) is 0.0491. The fourth-order valence-corrected chi connectivity index (χ4v) is 17.0. The number of amides is 1. The van der Waals surface area contributed by atoms with Crippen LogP contribution in [0.1, 0.15) is 167 Å². The molecule has 14 atom stereocenters. The number of rotatable bonds is 16. The van der Waals surface area contributed by atoms with E-state index in [1.54, 1.807) is 35.2 Å². The van der Waals surface area contributed by atoms with E-state index in [0.29, 0.717) is 44.1 Å². The highest BCUT2D eigenvalue weighted by atomic mass is 28.4. The Bertz CT molecular complexity index is 1990. The number of ether oxygens (including phenoxy) is 5. The van der Waals surface area contributed by atoms with Gasteiger partial charge in [-0.2, -0.15) is 0 Å². The third-order valence-electron chi connectivity index (χ3n) is 18.6. The molecule has 3 heterocycles. The minimum absolute atomic E-state index is 0.00990. The van der Waals surface area contributed by atoms with Crippen LogP contribution in [0.15, 0.2) is 36.0 Å². The van der Waals surface area contributed by atoms with Gasteiger partial charge in [0.25, 0.3) is 11.7 Å². The number of cyclic esters (lactones) is 1. The van der Waals surface area contributed by atoms with Crippen molar-refractivity contribution in [1.29, 1.82) is 0 Å². The van der Waals surface area contributed by atoms with Crippen LogP contribution in [0.3, 0.4) is 0 Å². The zero-order valence-electron chi connectivity index (χ0n) is 49.6. The molecule has 0 spiro atoms. The molecule has 0 aromatic carbocycles. The summed E-state index contributed by atoms with van der Waals surface area (Å²) in [5.74, 6) is -10.3. The van der Waals surface area contributed by atoms with Crippen molar-refractivity contribution in [3.05, 3.63) is 36.0 Å². The topological polar surface area (TPSA) is 177 Å². The average Bonchev–Trinajstić information content (AvgIpc) is 3.36. The van der Waals surface area contributed by atoms with Crippen molar-refractivity contribution in [3.8, 4) is 0 Å². The first-order valence-corrected chi connectivity index (χ1v) is 34.1. The summed E-state index contributed by atoms with van der Waals surface area (Å²) in [6.45, 7) is 32.5. The molecule has 0 radical (unpaired) electrons. The van der Waals surface area contributed by atoms with Crippen molar-refractivity contribution in [2.24, 2.45) is 29.6 Å². The molecule has 0 aromatic rings. The van der Waals surface area contributed by atoms with Gasteiger partial charge in [0.05, 0.1) is 36.3 Å². The summed E-state index contributed by atoms with van der Waals surface area (Å²) in [7, 11) is -0.120. The van der Waals surface area contributed by atoms with Crippen LogP contribution >= 0.6 is 0 Å². The smallest absolute Gasteiger partial charge is 0.329 e. The lowest BCUT2D eigenvalue weighted by atomic mass is 9.73. The molecule has 1 amide bonds. The molecule has 75 heavy (non-hydrogen) atoms. The summed E-state index contributed by atoms with van der Waals surface area (Å²) in [5, 5.41) is 25.4. The first kappa shape index (κ1) is 65.1. The Morgan fingerprint density at radius 1 is 0.907 bits per heavy atom. The number of allylic oxidation sites excluding steroid dienone is 4. The number of nitrogens with zero attached hydrogens (tertiary/aromatic N) is 1. The molecule has 2 saturated heterocycles. The van der Waals surface area contributed by atoms with Crippen molar-refractivity contribution in [3.63, 3.8) is 0 Å². The molecule has 14 unspecified atom stereocenters. The first-order valence-electron chi connectivity index (χ1n) is 28.7. The standard InChI is InChI=1S/C59H103NO13Si2/c1-19-24-29-57(72-75(21-3,22-4)23-5)30-28-44(37-50(57)69-16)35-41(8)51-43(10)58(65,73-74(17,18)56(11,12)13)38-47(61)45(20-2)33-39(6)32-40(7)34-48(67-14)52-49(68-15)36-42(9)59(66,71-52)53(62)54(63)60-31-26-25-27-46(60)55(64)70-51/h19,33,35,40,42-46,48-52,65-66H,1,20-32,34,36-38H2,2-18H3/b39-33+,41-35?. The lowest BCUT2D eigenvalue weighted by Crippen LogP contribution is -2.64. The number of fused-ring (bicyclic) bond motifs is 3. The molecule has 2 bridgehead atoms. The molecular weight excluding hydrogens is 987 g/mol. The first-order chi connectivity index (χ1) is 35.0. The van der Waals surface area contributed by atoms with Crippen LogP contribution < -0.4 is 0 Å². The van der Waals surface area contributed by atoms with Gasteiger partial charge in [-0.25, -0.2) is 4.79 Å². The van der Waals surface area contributed by atoms with Crippen LogP contribution in [0, 0.1) is 29.6 Å². The van der Waals surface area contributed by atoms with Gasteiger partial charge in [0.15, 0.2) is 22.4 Å². The summed E-state index contributed by atoms with van der Waals surface area (Å²) >= 11 is 0. The lowest BCUT2D eigenvalue weighted by molar-refractivity contribution is -0.302. The molecule has 430 valence electrons. The van der Waals surface area contributed by atoms with E-state index >= 15 is 4.79 Å². The number of aliphatic hydroxyl groups is 2. The van der Waals surface area contributed by atoms with Gasteiger partial charge in [-0.15, -0.1) is 6.58 Å². The predicted octanol–water partition coefficient (Wildman–Crippen LogP) is 11.2.